The van der Waals surface area contributed by atoms with Crippen molar-refractivity contribution >= 4 is 37.0 Å². The highest BCUT2D eigenvalue weighted by Gasteiger charge is 2.17. The number of hydrogen-bond donors (Lipinski definition) is 1. The largest absolute Gasteiger partial charge is 0.349 e. The van der Waals surface area contributed by atoms with Crippen LogP contribution in [0.25, 0.3) is 0 Å². The van der Waals surface area contributed by atoms with Crippen molar-refractivity contribution in [2.24, 2.45) is 5.92 Å². The first-order valence-electron chi connectivity index (χ1n) is 6.07. The van der Waals surface area contributed by atoms with Gasteiger partial charge < -0.3 is 5.32 Å². The molecule has 1 aromatic heterocycles. The molecular weight excluding hydrogens is 306 g/mol. The van der Waals surface area contributed by atoms with E-state index in [9.17, 15) is 13.2 Å². The second kappa shape index (κ2) is 6.72. The Bertz CT molecular complexity index is 539. The van der Waals surface area contributed by atoms with E-state index in [1.807, 2.05) is 20.8 Å². The molecule has 0 spiro atoms. The monoisotopic (exact) mass is 323 g/mol. The zero-order valence-electron chi connectivity index (χ0n) is 11.1. The van der Waals surface area contributed by atoms with E-state index in [0.29, 0.717) is 12.3 Å². The Morgan fingerprint density at radius 3 is 2.53 bits per heavy atom. The second-order valence-corrected chi connectivity index (χ2v) is 8.51. The van der Waals surface area contributed by atoms with Crippen LogP contribution in [0, 0.1) is 5.92 Å². The van der Waals surface area contributed by atoms with Crippen molar-refractivity contribution in [2.75, 3.05) is 0 Å². The van der Waals surface area contributed by atoms with Gasteiger partial charge in [0.05, 0.1) is 6.04 Å². The molecule has 108 valence electrons. The molecule has 2 unspecified atom stereocenters. The molecule has 0 aliphatic carbocycles. The molecule has 4 nitrogen and oxygen atoms in total. The molecule has 0 fully saturated rings. The molecule has 1 rings (SSSR count). The van der Waals surface area contributed by atoms with Crippen LogP contribution < -0.4 is 5.32 Å². The van der Waals surface area contributed by atoms with Gasteiger partial charge in [0, 0.05) is 22.0 Å². The van der Waals surface area contributed by atoms with Crippen molar-refractivity contribution in [1.82, 2.24) is 5.32 Å². The first-order chi connectivity index (χ1) is 8.74. The molecule has 1 aromatic rings. The van der Waals surface area contributed by atoms with Gasteiger partial charge in [0.1, 0.15) is 4.21 Å². The van der Waals surface area contributed by atoms with Crippen molar-refractivity contribution < 1.29 is 13.2 Å². The van der Waals surface area contributed by atoms with Gasteiger partial charge in [-0.25, -0.2) is 8.42 Å². The van der Waals surface area contributed by atoms with E-state index in [2.05, 4.69) is 5.32 Å². The highest BCUT2D eigenvalue weighted by atomic mass is 35.7. The molecule has 2 atom stereocenters. The van der Waals surface area contributed by atoms with Crippen molar-refractivity contribution in [3.63, 3.8) is 0 Å². The average molecular weight is 324 g/mol. The molecule has 0 radical (unpaired) electrons. The van der Waals surface area contributed by atoms with E-state index in [1.165, 1.54) is 6.07 Å². The van der Waals surface area contributed by atoms with Crippen molar-refractivity contribution in [3.8, 4) is 0 Å². The molecule has 0 aromatic carbocycles. The first kappa shape index (κ1) is 16.5. The average Bonchev–Trinajstić information content (AvgIpc) is 2.77. The standard InChI is InChI=1S/C12H18ClNO3S2/c1-4-8(2)7-11(15)14-9(3)10-5-6-12(18-10)19(13,16)17/h5-6,8-9H,4,7H2,1-3H3,(H,14,15). The molecular formula is C12H18ClNO3S2. The summed E-state index contributed by atoms with van der Waals surface area (Å²) in [5, 5.41) is 2.86. The van der Waals surface area contributed by atoms with Gasteiger partial charge in [-0.05, 0) is 25.0 Å². The summed E-state index contributed by atoms with van der Waals surface area (Å²) in [7, 11) is 1.58. The number of hydrogen-bond acceptors (Lipinski definition) is 4. The number of thiophene rings is 1. The Morgan fingerprint density at radius 1 is 1.42 bits per heavy atom. The van der Waals surface area contributed by atoms with E-state index in [1.54, 1.807) is 6.07 Å². The molecule has 0 aliphatic rings. The topological polar surface area (TPSA) is 63.2 Å². The summed E-state index contributed by atoms with van der Waals surface area (Å²) in [6, 6.07) is 2.92. The van der Waals surface area contributed by atoms with Crippen LogP contribution in [-0.2, 0) is 13.8 Å². The normalized spacial score (nSPS) is 14.9. The molecule has 1 N–H and O–H groups in total. The van der Waals surface area contributed by atoms with Crippen LogP contribution in [0.2, 0.25) is 0 Å². The van der Waals surface area contributed by atoms with E-state index >= 15 is 0 Å². The highest BCUT2D eigenvalue weighted by molar-refractivity contribution is 8.15. The fraction of sp³-hybridized carbons (Fsp3) is 0.583. The molecule has 0 bridgehead atoms. The highest BCUT2D eigenvalue weighted by Crippen LogP contribution is 2.28. The Morgan fingerprint density at radius 2 is 2.05 bits per heavy atom. The number of carbonyl (C=O) groups is 1. The van der Waals surface area contributed by atoms with Gasteiger partial charge in [-0.3, -0.25) is 4.79 Å². The number of halogens is 1. The summed E-state index contributed by atoms with van der Waals surface area (Å²) in [6.07, 6.45) is 1.43. The lowest BCUT2D eigenvalue weighted by Crippen LogP contribution is -2.27. The van der Waals surface area contributed by atoms with Gasteiger partial charge in [0.15, 0.2) is 0 Å². The van der Waals surface area contributed by atoms with Gasteiger partial charge in [0.25, 0.3) is 9.05 Å². The van der Waals surface area contributed by atoms with Gasteiger partial charge in [-0.2, -0.15) is 0 Å². The lowest BCUT2D eigenvalue weighted by atomic mass is 10.0. The predicted molar refractivity (Wildman–Crippen MR) is 78.0 cm³/mol. The van der Waals surface area contributed by atoms with E-state index in [0.717, 1.165) is 22.6 Å². The van der Waals surface area contributed by atoms with E-state index in [-0.39, 0.29) is 16.2 Å². The smallest absolute Gasteiger partial charge is 0.270 e. The van der Waals surface area contributed by atoms with E-state index in [4.69, 9.17) is 10.7 Å². The van der Waals surface area contributed by atoms with Gasteiger partial charge in [-0.15, -0.1) is 11.3 Å². The summed E-state index contributed by atoms with van der Waals surface area (Å²) < 4.78 is 22.4. The maximum atomic E-state index is 11.7. The maximum absolute atomic E-state index is 11.7. The molecule has 0 aliphatic heterocycles. The van der Waals surface area contributed by atoms with Crippen LogP contribution in [0.15, 0.2) is 16.3 Å². The maximum Gasteiger partial charge on any atom is 0.270 e. The minimum atomic E-state index is -3.69. The van der Waals surface area contributed by atoms with Crippen molar-refractivity contribution in [2.45, 2.75) is 43.9 Å². The quantitative estimate of drug-likeness (QED) is 0.817. The van der Waals surface area contributed by atoms with Crippen LogP contribution in [0.4, 0.5) is 0 Å². The zero-order chi connectivity index (χ0) is 14.6. The van der Waals surface area contributed by atoms with Crippen LogP contribution in [-0.4, -0.2) is 14.3 Å². The van der Waals surface area contributed by atoms with Crippen LogP contribution in [0.5, 0.6) is 0 Å². The summed E-state index contributed by atoms with van der Waals surface area (Å²) in [5.74, 6) is 0.319. The Kier molecular flexibility index (Phi) is 5.82. The Labute approximate surface area is 122 Å². The fourth-order valence-corrected chi connectivity index (χ4v) is 3.63. The molecule has 19 heavy (non-hydrogen) atoms. The van der Waals surface area contributed by atoms with Crippen molar-refractivity contribution in [3.05, 3.63) is 17.0 Å². The molecule has 0 saturated heterocycles. The van der Waals surface area contributed by atoms with Crippen LogP contribution in [0.3, 0.4) is 0 Å². The number of carbonyl (C=O) groups excluding carboxylic acids is 1. The van der Waals surface area contributed by atoms with Crippen LogP contribution >= 0.6 is 22.0 Å². The Hall–Kier alpha value is -0.590. The third kappa shape index (κ3) is 5.12. The second-order valence-electron chi connectivity index (χ2n) is 4.60. The minimum absolute atomic E-state index is 0.0227. The summed E-state index contributed by atoms with van der Waals surface area (Å²) in [6.45, 7) is 5.89. The van der Waals surface area contributed by atoms with E-state index < -0.39 is 9.05 Å². The Balaban J connectivity index is 2.66. The third-order valence-corrected chi connectivity index (χ3v) is 6.24. The minimum Gasteiger partial charge on any atom is -0.349 e. The lowest BCUT2D eigenvalue weighted by molar-refractivity contribution is -0.122. The van der Waals surface area contributed by atoms with Gasteiger partial charge in [0.2, 0.25) is 5.91 Å². The predicted octanol–water partition coefficient (Wildman–Crippen LogP) is 3.29. The summed E-state index contributed by atoms with van der Waals surface area (Å²) in [5.41, 5.74) is 0. The number of amides is 1. The van der Waals surface area contributed by atoms with Gasteiger partial charge in [-0.1, -0.05) is 20.3 Å². The third-order valence-electron chi connectivity index (χ3n) is 2.88. The first-order valence-corrected chi connectivity index (χ1v) is 9.20. The lowest BCUT2D eigenvalue weighted by Gasteiger charge is -2.14. The number of rotatable bonds is 6. The molecule has 0 saturated carbocycles. The molecule has 1 amide bonds. The summed E-state index contributed by atoms with van der Waals surface area (Å²) >= 11 is 1.08. The molecule has 1 heterocycles. The summed E-state index contributed by atoms with van der Waals surface area (Å²) in [4.78, 5) is 12.5. The SMILES string of the molecule is CCC(C)CC(=O)NC(C)c1ccc(S(=O)(=O)Cl)s1. The van der Waals surface area contributed by atoms with Crippen LogP contribution in [0.1, 0.15) is 44.5 Å². The molecule has 7 heteroatoms. The fourth-order valence-electron chi connectivity index (χ4n) is 1.53. The van der Waals surface area contributed by atoms with Crippen molar-refractivity contribution in [1.29, 1.82) is 0 Å². The van der Waals surface area contributed by atoms with Gasteiger partial charge >= 0.3 is 0 Å². The number of nitrogens with one attached hydrogen (secondary N) is 1. The zero-order valence-corrected chi connectivity index (χ0v) is 13.5.